The lowest BCUT2D eigenvalue weighted by atomic mass is 10.1. The van der Waals surface area contributed by atoms with Crippen LogP contribution < -0.4 is 19.7 Å². The summed E-state index contributed by atoms with van der Waals surface area (Å²) in [5, 5.41) is 4.17. The minimum absolute atomic E-state index is 0.0204. The molecule has 2 heterocycles. The fraction of sp³-hybridized carbons (Fsp3) is 0.360. The molecule has 1 aliphatic heterocycles. The van der Waals surface area contributed by atoms with Crippen molar-refractivity contribution in [2.45, 2.75) is 12.8 Å². The third kappa shape index (κ3) is 4.48. The van der Waals surface area contributed by atoms with E-state index in [1.165, 1.54) is 0 Å². The predicted molar refractivity (Wildman–Crippen MR) is 128 cm³/mol. The summed E-state index contributed by atoms with van der Waals surface area (Å²) in [7, 11) is 7.27. The van der Waals surface area contributed by atoms with Gasteiger partial charge in [-0.15, -0.1) is 0 Å². The highest BCUT2D eigenvalue weighted by molar-refractivity contribution is 6.04. The van der Waals surface area contributed by atoms with Gasteiger partial charge in [-0.05, 0) is 43.7 Å². The summed E-state index contributed by atoms with van der Waals surface area (Å²) in [6.45, 7) is 1.97. The lowest BCUT2D eigenvalue weighted by Crippen LogP contribution is -2.32. The SMILES string of the molecule is COc1ccc(CCN(C)CC(=O)Nc2c3c(nc4ccccc24)N(C)CC3)cc1OC. The maximum Gasteiger partial charge on any atom is 0.238 e. The van der Waals surface area contributed by atoms with Gasteiger partial charge >= 0.3 is 0 Å². The highest BCUT2D eigenvalue weighted by Gasteiger charge is 2.24. The van der Waals surface area contributed by atoms with E-state index in [1.807, 2.05) is 61.5 Å². The van der Waals surface area contributed by atoms with Gasteiger partial charge in [-0.1, -0.05) is 24.3 Å². The number of nitrogens with one attached hydrogen (secondary N) is 1. The summed E-state index contributed by atoms with van der Waals surface area (Å²) in [5.41, 5.74) is 4.05. The standard InChI is InChI=1S/C25H30N4O3/c1-28(13-11-17-9-10-21(31-3)22(15-17)32-4)16-23(30)27-24-18-7-5-6-8-20(18)26-25-19(24)12-14-29(25)2/h5-10,15H,11-14,16H2,1-4H3,(H,26,27,30). The van der Waals surface area contributed by atoms with E-state index in [0.717, 1.165) is 59.5 Å². The Hall–Kier alpha value is -3.32. The van der Waals surface area contributed by atoms with Crippen molar-refractivity contribution in [1.29, 1.82) is 0 Å². The molecule has 168 valence electrons. The van der Waals surface area contributed by atoms with Crippen LogP contribution in [-0.4, -0.2) is 63.7 Å². The maximum absolute atomic E-state index is 12.9. The van der Waals surface area contributed by atoms with Crippen LogP contribution in [0.4, 0.5) is 11.5 Å². The van der Waals surface area contributed by atoms with Gasteiger partial charge < -0.3 is 19.7 Å². The first kappa shape index (κ1) is 21.9. The van der Waals surface area contributed by atoms with E-state index in [4.69, 9.17) is 14.5 Å². The lowest BCUT2D eigenvalue weighted by molar-refractivity contribution is -0.117. The van der Waals surface area contributed by atoms with E-state index in [2.05, 4.69) is 10.2 Å². The molecule has 0 atom stereocenters. The molecule has 0 fully saturated rings. The second-order valence-corrected chi connectivity index (χ2v) is 8.20. The quantitative estimate of drug-likeness (QED) is 0.587. The molecule has 2 aromatic carbocycles. The normalized spacial score (nSPS) is 12.8. The minimum Gasteiger partial charge on any atom is -0.493 e. The molecule has 0 saturated carbocycles. The van der Waals surface area contributed by atoms with Crippen molar-refractivity contribution in [1.82, 2.24) is 9.88 Å². The number of anilines is 2. The molecule has 0 radical (unpaired) electrons. The van der Waals surface area contributed by atoms with Crippen molar-refractivity contribution in [3.8, 4) is 11.5 Å². The first-order chi connectivity index (χ1) is 15.5. The molecule has 0 saturated heterocycles. The Labute approximate surface area is 188 Å². The van der Waals surface area contributed by atoms with Crippen LogP contribution in [0.2, 0.25) is 0 Å². The maximum atomic E-state index is 12.9. The summed E-state index contributed by atoms with van der Waals surface area (Å²) in [6.07, 6.45) is 1.69. The van der Waals surface area contributed by atoms with Gasteiger partial charge in [0.05, 0.1) is 32.0 Å². The predicted octanol–water partition coefficient (Wildman–Crippen LogP) is 3.36. The zero-order chi connectivity index (χ0) is 22.7. The van der Waals surface area contributed by atoms with Gasteiger partial charge in [0.1, 0.15) is 5.82 Å². The summed E-state index contributed by atoms with van der Waals surface area (Å²) < 4.78 is 10.7. The molecule has 0 spiro atoms. The van der Waals surface area contributed by atoms with E-state index < -0.39 is 0 Å². The Morgan fingerprint density at radius 2 is 1.94 bits per heavy atom. The second kappa shape index (κ2) is 9.44. The van der Waals surface area contributed by atoms with Gasteiger partial charge in [0.15, 0.2) is 11.5 Å². The zero-order valence-electron chi connectivity index (χ0n) is 19.1. The number of benzene rings is 2. The molecule has 1 N–H and O–H groups in total. The number of hydrogen-bond donors (Lipinski definition) is 1. The van der Waals surface area contributed by atoms with Crippen molar-refractivity contribution >= 4 is 28.3 Å². The van der Waals surface area contributed by atoms with Crippen molar-refractivity contribution in [3.05, 3.63) is 53.6 Å². The van der Waals surface area contributed by atoms with Crippen LogP contribution >= 0.6 is 0 Å². The largest absolute Gasteiger partial charge is 0.493 e. The Morgan fingerprint density at radius 3 is 2.72 bits per heavy atom. The third-order valence-corrected chi connectivity index (χ3v) is 5.94. The van der Waals surface area contributed by atoms with Crippen LogP contribution in [0.5, 0.6) is 11.5 Å². The number of fused-ring (bicyclic) bond motifs is 2. The highest BCUT2D eigenvalue weighted by Crippen LogP contribution is 2.36. The number of carbonyl (C=O) groups excluding carboxylic acids is 1. The van der Waals surface area contributed by atoms with Gasteiger partial charge in [-0.25, -0.2) is 4.98 Å². The van der Waals surface area contributed by atoms with Crippen molar-refractivity contribution < 1.29 is 14.3 Å². The van der Waals surface area contributed by atoms with E-state index in [0.29, 0.717) is 18.0 Å². The number of ether oxygens (including phenoxy) is 2. The molecule has 0 aliphatic carbocycles. The topological polar surface area (TPSA) is 66.9 Å². The van der Waals surface area contributed by atoms with Crippen LogP contribution in [0, 0.1) is 0 Å². The monoisotopic (exact) mass is 434 g/mol. The average Bonchev–Trinajstić information content (AvgIpc) is 3.17. The molecule has 0 bridgehead atoms. The Morgan fingerprint density at radius 1 is 1.16 bits per heavy atom. The molecule has 32 heavy (non-hydrogen) atoms. The fourth-order valence-corrected chi connectivity index (χ4v) is 4.18. The van der Waals surface area contributed by atoms with Crippen molar-refractivity contribution in [2.75, 3.05) is 58.2 Å². The number of para-hydroxylation sites is 1. The van der Waals surface area contributed by atoms with E-state index in [1.54, 1.807) is 14.2 Å². The van der Waals surface area contributed by atoms with Gasteiger partial charge in [0.25, 0.3) is 0 Å². The molecule has 3 aromatic rings. The molecule has 0 unspecified atom stereocenters. The smallest absolute Gasteiger partial charge is 0.238 e. The summed E-state index contributed by atoms with van der Waals surface area (Å²) in [6, 6.07) is 13.9. The van der Waals surface area contributed by atoms with Gasteiger partial charge in [-0.2, -0.15) is 0 Å². The molecular formula is C25H30N4O3. The Bertz CT molecular complexity index is 1130. The summed E-state index contributed by atoms with van der Waals surface area (Å²) >= 11 is 0. The van der Waals surface area contributed by atoms with Crippen molar-refractivity contribution in [3.63, 3.8) is 0 Å². The van der Waals surface area contributed by atoms with E-state index >= 15 is 0 Å². The Balaban J connectivity index is 1.43. The van der Waals surface area contributed by atoms with Crippen LogP contribution in [-0.2, 0) is 17.6 Å². The Kier molecular flexibility index (Phi) is 6.46. The summed E-state index contributed by atoms with van der Waals surface area (Å²) in [4.78, 5) is 21.9. The van der Waals surface area contributed by atoms with Crippen LogP contribution in [0.1, 0.15) is 11.1 Å². The first-order valence-corrected chi connectivity index (χ1v) is 10.8. The van der Waals surface area contributed by atoms with Crippen LogP contribution in [0.15, 0.2) is 42.5 Å². The second-order valence-electron chi connectivity index (χ2n) is 8.20. The number of pyridine rings is 1. The number of aromatic nitrogens is 1. The number of likely N-dealkylation sites (N-methyl/N-ethyl adjacent to an activating group) is 2. The van der Waals surface area contributed by atoms with Crippen LogP contribution in [0.3, 0.4) is 0 Å². The van der Waals surface area contributed by atoms with E-state index in [9.17, 15) is 4.79 Å². The molecular weight excluding hydrogens is 404 g/mol. The molecule has 1 aromatic heterocycles. The fourth-order valence-electron chi connectivity index (χ4n) is 4.18. The molecule has 1 amide bonds. The van der Waals surface area contributed by atoms with Gasteiger partial charge in [-0.3, -0.25) is 9.69 Å². The van der Waals surface area contributed by atoms with Gasteiger partial charge in [0.2, 0.25) is 5.91 Å². The average molecular weight is 435 g/mol. The molecule has 7 nitrogen and oxygen atoms in total. The van der Waals surface area contributed by atoms with Crippen molar-refractivity contribution in [2.24, 2.45) is 0 Å². The van der Waals surface area contributed by atoms with Gasteiger partial charge in [0, 0.05) is 31.1 Å². The number of hydrogen-bond acceptors (Lipinski definition) is 6. The number of rotatable bonds is 8. The first-order valence-electron chi connectivity index (χ1n) is 10.8. The molecule has 4 rings (SSSR count). The third-order valence-electron chi connectivity index (χ3n) is 5.94. The number of nitrogens with zero attached hydrogens (tertiary/aromatic N) is 3. The highest BCUT2D eigenvalue weighted by atomic mass is 16.5. The minimum atomic E-state index is -0.0204. The summed E-state index contributed by atoms with van der Waals surface area (Å²) in [5.74, 6) is 2.37. The van der Waals surface area contributed by atoms with Crippen LogP contribution in [0.25, 0.3) is 10.9 Å². The molecule has 1 aliphatic rings. The zero-order valence-corrected chi connectivity index (χ0v) is 19.1. The lowest BCUT2D eigenvalue weighted by Gasteiger charge is -2.19. The molecule has 7 heteroatoms. The number of carbonyl (C=O) groups is 1. The van der Waals surface area contributed by atoms with E-state index in [-0.39, 0.29) is 5.91 Å². The number of methoxy groups -OCH3 is 2. The number of amides is 1.